The maximum absolute atomic E-state index is 12.9. The molecule has 1 aliphatic heterocycles. The summed E-state index contributed by atoms with van der Waals surface area (Å²) in [6, 6.07) is 9.60. The van der Waals surface area contributed by atoms with E-state index in [-0.39, 0.29) is 36.4 Å². The van der Waals surface area contributed by atoms with Crippen LogP contribution in [-0.4, -0.2) is 29.4 Å². The van der Waals surface area contributed by atoms with E-state index < -0.39 is 10.8 Å². The maximum Gasteiger partial charge on any atom is 0.270 e. The molecule has 1 saturated carbocycles. The van der Waals surface area contributed by atoms with E-state index >= 15 is 0 Å². The van der Waals surface area contributed by atoms with Crippen molar-refractivity contribution in [3.05, 3.63) is 57.6 Å². The number of anilines is 1. The lowest BCUT2D eigenvalue weighted by molar-refractivity contribution is -0.384. The van der Waals surface area contributed by atoms with Crippen LogP contribution in [0.3, 0.4) is 0 Å². The number of nitro groups is 1. The fourth-order valence-corrected chi connectivity index (χ4v) is 3.59. The highest BCUT2D eigenvalue weighted by atomic mass is 16.7. The van der Waals surface area contributed by atoms with Gasteiger partial charge in [0.25, 0.3) is 11.6 Å². The van der Waals surface area contributed by atoms with Gasteiger partial charge in [0, 0.05) is 43.2 Å². The average molecular weight is 411 g/mol. The third-order valence-corrected chi connectivity index (χ3v) is 5.25. The molecule has 0 aromatic heterocycles. The monoisotopic (exact) mass is 411 g/mol. The lowest BCUT2D eigenvalue weighted by Gasteiger charge is -2.24. The van der Waals surface area contributed by atoms with Crippen LogP contribution in [0.1, 0.15) is 41.6 Å². The van der Waals surface area contributed by atoms with Crippen molar-refractivity contribution in [3.63, 3.8) is 0 Å². The molecule has 1 amide bonds. The fraction of sp³-hybridized carbons (Fsp3) is 0.333. The Morgan fingerprint density at radius 2 is 1.87 bits per heavy atom. The minimum absolute atomic E-state index is 0.0459. The van der Waals surface area contributed by atoms with E-state index in [2.05, 4.69) is 10.6 Å². The smallest absolute Gasteiger partial charge is 0.270 e. The number of carbonyl (C=O) groups excluding carboxylic acids is 2. The highest BCUT2D eigenvalue weighted by molar-refractivity contribution is 6.00. The number of nitrogens with one attached hydrogen (secondary N) is 2. The summed E-state index contributed by atoms with van der Waals surface area (Å²) in [5, 5.41) is 17.3. The van der Waals surface area contributed by atoms with E-state index in [0.29, 0.717) is 42.9 Å². The van der Waals surface area contributed by atoms with Gasteiger partial charge in [-0.15, -0.1) is 0 Å². The van der Waals surface area contributed by atoms with E-state index in [4.69, 9.17) is 9.47 Å². The number of nitro benzene ring substituents is 1. The van der Waals surface area contributed by atoms with Gasteiger partial charge in [0.05, 0.1) is 10.5 Å². The minimum atomic E-state index is -0.530. The number of ether oxygens (including phenoxy) is 2. The summed E-state index contributed by atoms with van der Waals surface area (Å²) in [6.45, 7) is 0.399. The Kier molecular flexibility index (Phi) is 5.51. The predicted molar refractivity (Wildman–Crippen MR) is 108 cm³/mol. The number of carbonyl (C=O) groups is 2. The molecule has 1 aliphatic carbocycles. The summed E-state index contributed by atoms with van der Waals surface area (Å²) in [5.74, 6) is 1.08. The van der Waals surface area contributed by atoms with Gasteiger partial charge < -0.3 is 20.1 Å². The van der Waals surface area contributed by atoms with Gasteiger partial charge >= 0.3 is 0 Å². The molecular weight excluding hydrogens is 390 g/mol. The topological polar surface area (TPSA) is 120 Å². The lowest BCUT2D eigenvalue weighted by Crippen LogP contribution is -2.29. The summed E-state index contributed by atoms with van der Waals surface area (Å²) in [5.41, 5.74) is 1.37. The molecule has 1 fully saturated rings. The molecule has 9 heteroatoms. The molecule has 0 radical (unpaired) electrons. The van der Waals surface area contributed by atoms with Crippen molar-refractivity contribution in [1.82, 2.24) is 5.32 Å². The standard InChI is InChI=1S/C21H21N3O6/c25-16-5-2-14(3-6-16)23-18-7-4-15(24(27)28)10-17(18)21(26)22-11-13-1-8-19-20(9-13)30-12-29-19/h1,4,7-10,14,23H,2-3,5-6,11-12H2,(H,22,26). The number of ketones is 1. The lowest BCUT2D eigenvalue weighted by atomic mass is 9.94. The third-order valence-electron chi connectivity index (χ3n) is 5.25. The Labute approximate surface area is 172 Å². The normalized spacial score (nSPS) is 15.7. The van der Waals surface area contributed by atoms with Crippen molar-refractivity contribution in [1.29, 1.82) is 0 Å². The van der Waals surface area contributed by atoms with Gasteiger partial charge in [-0.1, -0.05) is 6.07 Å². The molecule has 2 aliphatic rings. The largest absolute Gasteiger partial charge is 0.454 e. The molecule has 156 valence electrons. The Morgan fingerprint density at radius 1 is 1.10 bits per heavy atom. The van der Waals surface area contributed by atoms with Crippen LogP contribution in [0.2, 0.25) is 0 Å². The number of hydrogen-bond acceptors (Lipinski definition) is 7. The summed E-state index contributed by atoms with van der Waals surface area (Å²) in [7, 11) is 0. The number of hydrogen-bond donors (Lipinski definition) is 2. The van der Waals surface area contributed by atoms with Gasteiger partial charge in [-0.2, -0.15) is 0 Å². The Bertz CT molecular complexity index is 996. The number of nitrogens with zero attached hydrogens (tertiary/aromatic N) is 1. The van der Waals surface area contributed by atoms with Crippen molar-refractivity contribution < 1.29 is 24.0 Å². The van der Waals surface area contributed by atoms with Crippen LogP contribution in [0.25, 0.3) is 0 Å². The molecule has 1 heterocycles. The van der Waals surface area contributed by atoms with Gasteiger partial charge in [0.2, 0.25) is 6.79 Å². The second-order valence-electron chi connectivity index (χ2n) is 7.31. The fourth-order valence-electron chi connectivity index (χ4n) is 3.59. The molecule has 9 nitrogen and oxygen atoms in total. The number of Topliss-reactive ketones (excluding diaryl/α,β-unsaturated/α-hetero) is 1. The second kappa shape index (κ2) is 8.40. The van der Waals surface area contributed by atoms with E-state index in [1.807, 2.05) is 6.07 Å². The summed E-state index contributed by atoms with van der Waals surface area (Å²) in [4.78, 5) is 35.0. The van der Waals surface area contributed by atoms with Crippen LogP contribution in [0, 0.1) is 10.1 Å². The molecule has 30 heavy (non-hydrogen) atoms. The van der Waals surface area contributed by atoms with Gasteiger partial charge in [-0.3, -0.25) is 19.7 Å². The molecule has 0 unspecified atom stereocenters. The molecule has 0 atom stereocenters. The highest BCUT2D eigenvalue weighted by Gasteiger charge is 2.22. The minimum Gasteiger partial charge on any atom is -0.454 e. The predicted octanol–water partition coefficient (Wildman–Crippen LogP) is 3.18. The van der Waals surface area contributed by atoms with E-state index in [0.717, 1.165) is 5.56 Å². The first-order valence-electron chi connectivity index (χ1n) is 9.73. The first-order valence-corrected chi connectivity index (χ1v) is 9.73. The number of non-ortho nitro benzene ring substituents is 1. The van der Waals surface area contributed by atoms with Gasteiger partial charge in [-0.05, 0) is 36.6 Å². The van der Waals surface area contributed by atoms with Crippen molar-refractivity contribution in [2.75, 3.05) is 12.1 Å². The van der Waals surface area contributed by atoms with Crippen LogP contribution in [-0.2, 0) is 11.3 Å². The molecule has 0 bridgehead atoms. The zero-order chi connectivity index (χ0) is 21.1. The third kappa shape index (κ3) is 4.35. The van der Waals surface area contributed by atoms with Gasteiger partial charge in [-0.25, -0.2) is 0 Å². The zero-order valence-corrected chi connectivity index (χ0v) is 16.2. The van der Waals surface area contributed by atoms with Gasteiger partial charge in [0.15, 0.2) is 11.5 Å². The first-order chi connectivity index (χ1) is 14.5. The van der Waals surface area contributed by atoms with Crippen molar-refractivity contribution in [2.24, 2.45) is 0 Å². The summed E-state index contributed by atoms with van der Waals surface area (Å²) < 4.78 is 10.6. The molecular formula is C21H21N3O6. The Balaban J connectivity index is 1.49. The Hall–Kier alpha value is -3.62. The molecule has 0 spiro atoms. The van der Waals surface area contributed by atoms with E-state index in [1.54, 1.807) is 18.2 Å². The summed E-state index contributed by atoms with van der Waals surface area (Å²) in [6.07, 6.45) is 2.34. The van der Waals surface area contributed by atoms with E-state index in [9.17, 15) is 19.7 Å². The van der Waals surface area contributed by atoms with Crippen LogP contribution in [0.4, 0.5) is 11.4 Å². The molecule has 2 aromatic rings. The molecule has 0 saturated heterocycles. The van der Waals surface area contributed by atoms with Crippen molar-refractivity contribution in [2.45, 2.75) is 38.3 Å². The molecule has 2 aromatic carbocycles. The SMILES string of the molecule is O=C1CCC(Nc2ccc([N+](=O)[O-])cc2C(=O)NCc2ccc3c(c2)OCO3)CC1. The van der Waals surface area contributed by atoms with Crippen LogP contribution >= 0.6 is 0 Å². The zero-order valence-electron chi connectivity index (χ0n) is 16.2. The highest BCUT2D eigenvalue weighted by Crippen LogP contribution is 2.32. The number of rotatable bonds is 6. The molecule has 4 rings (SSSR count). The number of fused-ring (bicyclic) bond motifs is 1. The van der Waals surface area contributed by atoms with Crippen molar-refractivity contribution in [3.8, 4) is 11.5 Å². The Morgan fingerprint density at radius 3 is 2.63 bits per heavy atom. The average Bonchev–Trinajstić information content (AvgIpc) is 3.21. The quantitative estimate of drug-likeness (QED) is 0.553. The number of benzene rings is 2. The second-order valence-corrected chi connectivity index (χ2v) is 7.31. The van der Waals surface area contributed by atoms with Gasteiger partial charge in [0.1, 0.15) is 5.78 Å². The summed E-state index contributed by atoms with van der Waals surface area (Å²) >= 11 is 0. The van der Waals surface area contributed by atoms with Crippen LogP contribution in [0.15, 0.2) is 36.4 Å². The van der Waals surface area contributed by atoms with E-state index in [1.165, 1.54) is 12.1 Å². The molecule has 2 N–H and O–H groups in total. The maximum atomic E-state index is 12.9. The van der Waals surface area contributed by atoms with Crippen LogP contribution < -0.4 is 20.1 Å². The first kappa shape index (κ1) is 19.7. The van der Waals surface area contributed by atoms with Crippen molar-refractivity contribution >= 4 is 23.1 Å². The number of amides is 1. The van der Waals surface area contributed by atoms with Crippen LogP contribution in [0.5, 0.6) is 11.5 Å².